The number of rotatable bonds is 2. The van der Waals surface area contributed by atoms with E-state index in [0.29, 0.717) is 5.56 Å². The van der Waals surface area contributed by atoms with Gasteiger partial charge in [-0.1, -0.05) is 53.5 Å². The van der Waals surface area contributed by atoms with Crippen LogP contribution in [-0.4, -0.2) is 9.97 Å². The summed E-state index contributed by atoms with van der Waals surface area (Å²) in [6, 6.07) is 12.5. The first-order valence-electron chi connectivity index (χ1n) is 6.99. The molecule has 0 radical (unpaired) electrons. The van der Waals surface area contributed by atoms with E-state index in [2.05, 4.69) is 9.97 Å². The first kappa shape index (κ1) is 17.5. The summed E-state index contributed by atoms with van der Waals surface area (Å²) in [5.41, 5.74) is -1.20. The van der Waals surface area contributed by atoms with Crippen molar-refractivity contribution >= 4 is 34.2 Å². The molecule has 0 saturated carbocycles. The molecule has 126 valence electrons. The summed E-state index contributed by atoms with van der Waals surface area (Å²) < 4.78 is 40.5. The van der Waals surface area contributed by atoms with Crippen LogP contribution in [0.4, 0.5) is 13.2 Å². The van der Waals surface area contributed by atoms with Gasteiger partial charge >= 0.3 is 6.18 Å². The molecule has 1 heterocycles. The molecule has 0 amide bonds. The van der Waals surface area contributed by atoms with Crippen molar-refractivity contribution in [3.05, 3.63) is 69.5 Å². The Balaban J connectivity index is 2.32. The monoisotopic (exact) mass is 381 g/mol. The summed E-state index contributed by atoms with van der Waals surface area (Å²) in [6.07, 6.45) is -4.77. The molecule has 3 aromatic rings. The van der Waals surface area contributed by atoms with Crippen LogP contribution in [0, 0.1) is 11.3 Å². The van der Waals surface area contributed by atoms with Gasteiger partial charge in [0, 0.05) is 0 Å². The highest BCUT2D eigenvalue weighted by Gasteiger charge is 2.39. The second-order valence-corrected chi connectivity index (χ2v) is 6.00. The van der Waals surface area contributed by atoms with Crippen LogP contribution < -0.4 is 0 Å². The lowest BCUT2D eigenvalue weighted by Crippen LogP contribution is -2.17. The standard InChI is InChI=1S/C17H8Cl2F3N3/c18-11-6-13-14(7-12(11)19)25-16(17(20,21)22)15(24-13)10(8-23)9-4-2-1-3-5-9/h1-7,10H. The van der Waals surface area contributed by atoms with Gasteiger partial charge in [0.05, 0.1) is 32.8 Å². The fraction of sp³-hybridized carbons (Fsp3) is 0.118. The first-order chi connectivity index (χ1) is 11.8. The van der Waals surface area contributed by atoms with Crippen molar-refractivity contribution in [1.82, 2.24) is 9.97 Å². The average Bonchev–Trinajstić information content (AvgIpc) is 2.56. The number of nitrogens with zero attached hydrogens (tertiary/aromatic N) is 3. The summed E-state index contributed by atoms with van der Waals surface area (Å²) in [4.78, 5) is 7.70. The summed E-state index contributed by atoms with van der Waals surface area (Å²) in [5.74, 6) is -1.22. The van der Waals surface area contributed by atoms with Gasteiger partial charge in [-0.15, -0.1) is 0 Å². The lowest BCUT2D eigenvalue weighted by molar-refractivity contribution is -0.141. The molecule has 1 aromatic heterocycles. The third-order valence-electron chi connectivity index (χ3n) is 3.54. The lowest BCUT2D eigenvalue weighted by atomic mass is 9.95. The third-order valence-corrected chi connectivity index (χ3v) is 4.26. The van der Waals surface area contributed by atoms with E-state index in [4.69, 9.17) is 23.2 Å². The topological polar surface area (TPSA) is 49.6 Å². The van der Waals surface area contributed by atoms with E-state index < -0.39 is 23.5 Å². The van der Waals surface area contributed by atoms with Crippen molar-refractivity contribution < 1.29 is 13.2 Å². The lowest BCUT2D eigenvalue weighted by Gasteiger charge is -2.16. The van der Waals surface area contributed by atoms with Gasteiger partial charge in [-0.05, 0) is 17.7 Å². The van der Waals surface area contributed by atoms with Crippen LogP contribution >= 0.6 is 23.2 Å². The zero-order chi connectivity index (χ0) is 18.2. The Morgan fingerprint density at radius 2 is 1.52 bits per heavy atom. The number of halogens is 5. The molecule has 0 aliphatic heterocycles. The van der Waals surface area contributed by atoms with Gasteiger partial charge in [0.2, 0.25) is 0 Å². The highest BCUT2D eigenvalue weighted by atomic mass is 35.5. The molecule has 3 nitrogen and oxygen atoms in total. The van der Waals surface area contributed by atoms with Crippen molar-refractivity contribution in [2.45, 2.75) is 12.1 Å². The number of benzene rings is 2. The molecule has 0 bridgehead atoms. The van der Waals surface area contributed by atoms with Crippen molar-refractivity contribution in [2.75, 3.05) is 0 Å². The van der Waals surface area contributed by atoms with Gasteiger partial charge in [0.25, 0.3) is 0 Å². The SMILES string of the molecule is N#CC(c1ccccc1)c1nc2cc(Cl)c(Cl)cc2nc1C(F)(F)F. The minimum Gasteiger partial charge on any atom is -0.247 e. The number of aromatic nitrogens is 2. The maximum absolute atomic E-state index is 13.5. The van der Waals surface area contributed by atoms with Gasteiger partial charge in [0.15, 0.2) is 5.69 Å². The maximum atomic E-state index is 13.5. The Hall–Kier alpha value is -2.36. The molecule has 2 aromatic carbocycles. The molecule has 0 aliphatic rings. The van der Waals surface area contributed by atoms with Crippen LogP contribution in [0.1, 0.15) is 22.9 Å². The molecule has 0 saturated heterocycles. The molecule has 0 spiro atoms. The van der Waals surface area contributed by atoms with Crippen LogP contribution in [0.5, 0.6) is 0 Å². The largest absolute Gasteiger partial charge is 0.435 e. The van der Waals surface area contributed by atoms with E-state index in [0.717, 1.165) is 0 Å². The smallest absolute Gasteiger partial charge is 0.247 e. The van der Waals surface area contributed by atoms with Gasteiger partial charge in [-0.25, -0.2) is 9.97 Å². The van der Waals surface area contributed by atoms with E-state index >= 15 is 0 Å². The first-order valence-corrected chi connectivity index (χ1v) is 7.75. The number of hydrogen-bond donors (Lipinski definition) is 0. The van der Waals surface area contributed by atoms with Gasteiger partial charge < -0.3 is 0 Å². The van der Waals surface area contributed by atoms with Crippen LogP contribution in [0.25, 0.3) is 11.0 Å². The van der Waals surface area contributed by atoms with Crippen LogP contribution in [-0.2, 0) is 6.18 Å². The normalized spacial score (nSPS) is 12.8. The van der Waals surface area contributed by atoms with Gasteiger partial charge in [-0.3, -0.25) is 0 Å². The molecular formula is C17H8Cl2F3N3. The maximum Gasteiger partial charge on any atom is 0.435 e. The van der Waals surface area contributed by atoms with Crippen molar-refractivity contribution in [1.29, 1.82) is 5.26 Å². The highest BCUT2D eigenvalue weighted by molar-refractivity contribution is 6.42. The Bertz CT molecular complexity index is 982. The quantitative estimate of drug-likeness (QED) is 0.579. The van der Waals surface area contributed by atoms with Crippen molar-refractivity contribution in [3.63, 3.8) is 0 Å². The van der Waals surface area contributed by atoms with Crippen molar-refractivity contribution in [2.24, 2.45) is 0 Å². The Morgan fingerprint density at radius 1 is 0.960 bits per heavy atom. The summed E-state index contributed by atoms with van der Waals surface area (Å²) >= 11 is 11.8. The zero-order valence-corrected chi connectivity index (χ0v) is 13.9. The van der Waals surface area contributed by atoms with Crippen LogP contribution in [0.3, 0.4) is 0 Å². The second kappa shape index (κ2) is 6.51. The molecule has 25 heavy (non-hydrogen) atoms. The molecular weight excluding hydrogens is 374 g/mol. The molecule has 0 fully saturated rings. The van der Waals surface area contributed by atoms with E-state index in [1.807, 2.05) is 6.07 Å². The van der Waals surface area contributed by atoms with Crippen LogP contribution in [0.2, 0.25) is 10.0 Å². The van der Waals surface area contributed by atoms with E-state index in [9.17, 15) is 18.4 Å². The third kappa shape index (κ3) is 3.39. The highest BCUT2D eigenvalue weighted by Crippen LogP contribution is 2.37. The van der Waals surface area contributed by atoms with E-state index in [1.54, 1.807) is 30.3 Å². The number of alkyl halides is 3. The summed E-state index contributed by atoms with van der Waals surface area (Å²) in [7, 11) is 0. The number of hydrogen-bond acceptors (Lipinski definition) is 3. The molecule has 1 unspecified atom stereocenters. The van der Waals surface area contributed by atoms with E-state index in [1.165, 1.54) is 12.1 Å². The number of fused-ring (bicyclic) bond motifs is 1. The Kier molecular flexibility index (Phi) is 4.55. The average molecular weight is 382 g/mol. The predicted molar refractivity (Wildman–Crippen MR) is 88.5 cm³/mol. The minimum atomic E-state index is -4.77. The van der Waals surface area contributed by atoms with E-state index in [-0.39, 0.29) is 21.1 Å². The van der Waals surface area contributed by atoms with Gasteiger partial charge in [0.1, 0.15) is 5.92 Å². The van der Waals surface area contributed by atoms with Gasteiger partial charge in [-0.2, -0.15) is 18.4 Å². The summed E-state index contributed by atoms with van der Waals surface area (Å²) in [6.45, 7) is 0. The molecule has 0 aliphatic carbocycles. The Labute approximate surface area is 150 Å². The molecule has 0 N–H and O–H groups in total. The summed E-state index contributed by atoms with van der Waals surface area (Å²) in [5, 5.41) is 9.68. The zero-order valence-electron chi connectivity index (χ0n) is 12.4. The van der Waals surface area contributed by atoms with Crippen LogP contribution in [0.15, 0.2) is 42.5 Å². The molecule has 8 heteroatoms. The van der Waals surface area contributed by atoms with Crippen molar-refractivity contribution in [3.8, 4) is 6.07 Å². The molecule has 1 atom stereocenters. The molecule has 3 rings (SSSR count). The predicted octanol–water partition coefficient (Wildman–Crippen LogP) is 5.61. The Morgan fingerprint density at radius 3 is 2.04 bits per heavy atom. The number of nitriles is 1. The second-order valence-electron chi connectivity index (χ2n) is 5.18. The fourth-order valence-electron chi connectivity index (χ4n) is 2.41. The minimum absolute atomic E-state index is 0.0461. The fourth-order valence-corrected chi connectivity index (χ4v) is 2.73.